The Morgan fingerprint density at radius 1 is 1.45 bits per heavy atom. The van der Waals surface area contributed by atoms with Gasteiger partial charge in [0.25, 0.3) is 0 Å². The zero-order valence-electron chi connectivity index (χ0n) is 12.7. The number of aliphatic hydroxyl groups is 1. The van der Waals surface area contributed by atoms with E-state index in [4.69, 9.17) is 16.9 Å². The van der Waals surface area contributed by atoms with E-state index in [9.17, 15) is 5.11 Å². The molecule has 0 radical (unpaired) electrons. The number of aromatic nitrogens is 2. The van der Waals surface area contributed by atoms with E-state index in [2.05, 4.69) is 17.1 Å². The van der Waals surface area contributed by atoms with E-state index in [1.807, 2.05) is 6.08 Å². The normalized spacial score (nSPS) is 24.0. The number of hydrogen-bond acceptors (Lipinski definition) is 3. The van der Waals surface area contributed by atoms with Crippen LogP contribution >= 0.6 is 11.6 Å². The van der Waals surface area contributed by atoms with Crippen molar-refractivity contribution in [3.63, 3.8) is 0 Å². The molecule has 1 unspecified atom stereocenters. The molecule has 1 aromatic rings. The van der Waals surface area contributed by atoms with Gasteiger partial charge in [0, 0.05) is 0 Å². The summed E-state index contributed by atoms with van der Waals surface area (Å²) in [5.41, 5.74) is -0.677. The van der Waals surface area contributed by atoms with Crippen molar-refractivity contribution in [3.8, 4) is 6.07 Å². The van der Waals surface area contributed by atoms with Gasteiger partial charge < -0.3 is 9.67 Å². The smallest absolute Gasteiger partial charge is 0.140 e. The molecule has 1 N–H and O–H groups in total. The summed E-state index contributed by atoms with van der Waals surface area (Å²) in [7, 11) is 0. The highest BCUT2D eigenvalue weighted by Gasteiger charge is 2.56. The van der Waals surface area contributed by atoms with E-state index in [1.165, 1.54) is 38.3 Å². The van der Waals surface area contributed by atoms with Crippen LogP contribution in [0.15, 0.2) is 24.7 Å². The van der Waals surface area contributed by atoms with Gasteiger partial charge in [0.15, 0.2) is 0 Å². The lowest BCUT2D eigenvalue weighted by molar-refractivity contribution is 0.0584. The summed E-state index contributed by atoms with van der Waals surface area (Å²) in [4.78, 5) is 3.39. The van der Waals surface area contributed by atoms with E-state index in [1.54, 1.807) is 10.9 Å². The molecule has 0 saturated heterocycles. The second kappa shape index (κ2) is 6.06. The van der Waals surface area contributed by atoms with Gasteiger partial charge in [-0.1, -0.05) is 31.4 Å². The molecule has 0 aliphatic heterocycles. The minimum atomic E-state index is -1.13. The van der Waals surface area contributed by atoms with Crippen LogP contribution < -0.4 is 0 Å². The van der Waals surface area contributed by atoms with Crippen molar-refractivity contribution in [1.29, 1.82) is 5.26 Å². The number of alkyl halides is 1. The van der Waals surface area contributed by atoms with Crippen LogP contribution in [0.1, 0.15) is 50.6 Å². The van der Waals surface area contributed by atoms with Gasteiger partial charge in [-0.3, -0.25) is 0 Å². The van der Waals surface area contributed by atoms with Crippen LogP contribution in [0.25, 0.3) is 0 Å². The predicted octanol–water partition coefficient (Wildman–Crippen LogP) is 3.39. The molecule has 1 atom stereocenters. The molecule has 118 valence electrons. The molecule has 1 heterocycles. The number of halogens is 1. The Bertz CT molecular complexity index is 593. The molecule has 4 nitrogen and oxygen atoms in total. The molecule has 2 fully saturated rings. The predicted molar refractivity (Wildman–Crippen MR) is 85.4 cm³/mol. The second-order valence-electron chi connectivity index (χ2n) is 6.67. The summed E-state index contributed by atoms with van der Waals surface area (Å²) >= 11 is 6.56. The van der Waals surface area contributed by atoms with Gasteiger partial charge in [0.05, 0.1) is 23.9 Å². The monoisotopic (exact) mass is 319 g/mol. The number of imidazole rings is 1. The molecule has 0 bridgehead atoms. The fourth-order valence-electron chi connectivity index (χ4n) is 3.31. The van der Waals surface area contributed by atoms with Crippen molar-refractivity contribution >= 4 is 11.6 Å². The summed E-state index contributed by atoms with van der Waals surface area (Å²) in [6.45, 7) is 0.280. The summed E-state index contributed by atoms with van der Waals surface area (Å²) in [5.74, 6) is 0.539. The SMILES string of the molecule is N#Cc1cncn1CC(O)(/C=C/C1CCCCC1)C1(Cl)CC1. The standard InChI is InChI=1S/C17H22ClN3O/c18-16(8-9-16)17(22,7-6-14-4-2-1-3-5-14)12-21-13-20-11-15(21)10-19/h6-7,11,13-14,22H,1-5,8-9,12H2/b7-6+. The molecule has 2 aliphatic carbocycles. The number of allylic oxidation sites excluding steroid dienone is 1. The molecular formula is C17H22ClN3O. The number of hydrogen-bond donors (Lipinski definition) is 1. The first-order valence-electron chi connectivity index (χ1n) is 8.07. The minimum absolute atomic E-state index is 0.280. The van der Waals surface area contributed by atoms with Gasteiger partial charge in [0.2, 0.25) is 0 Å². The maximum Gasteiger partial charge on any atom is 0.140 e. The third-order valence-corrected chi connectivity index (χ3v) is 5.70. The van der Waals surface area contributed by atoms with Gasteiger partial charge in [-0.15, -0.1) is 11.6 Å². The van der Waals surface area contributed by atoms with Crippen LogP contribution in [0, 0.1) is 17.2 Å². The second-order valence-corrected chi connectivity index (χ2v) is 7.39. The molecule has 1 aromatic heterocycles. The third-order valence-electron chi connectivity index (χ3n) is 5.00. The van der Waals surface area contributed by atoms with Crippen molar-refractivity contribution in [2.45, 2.75) is 62.0 Å². The van der Waals surface area contributed by atoms with Gasteiger partial charge in [-0.25, -0.2) is 4.98 Å². The Morgan fingerprint density at radius 2 is 2.18 bits per heavy atom. The summed E-state index contributed by atoms with van der Waals surface area (Å²) in [5, 5.41) is 20.3. The van der Waals surface area contributed by atoms with Crippen molar-refractivity contribution in [2.24, 2.45) is 5.92 Å². The maximum absolute atomic E-state index is 11.2. The van der Waals surface area contributed by atoms with E-state index >= 15 is 0 Å². The highest BCUT2D eigenvalue weighted by molar-refractivity contribution is 6.27. The highest BCUT2D eigenvalue weighted by Crippen LogP contribution is 2.52. The van der Waals surface area contributed by atoms with Crippen LogP contribution in [0.4, 0.5) is 0 Å². The first kappa shape index (κ1) is 15.6. The van der Waals surface area contributed by atoms with Crippen LogP contribution in [-0.4, -0.2) is 25.1 Å². The van der Waals surface area contributed by atoms with Gasteiger partial charge in [0.1, 0.15) is 17.4 Å². The summed E-state index contributed by atoms with van der Waals surface area (Å²) < 4.78 is 1.69. The lowest BCUT2D eigenvalue weighted by Gasteiger charge is -2.31. The van der Waals surface area contributed by atoms with Crippen molar-refractivity contribution < 1.29 is 5.11 Å². The molecule has 0 amide bonds. The lowest BCUT2D eigenvalue weighted by atomic mass is 9.86. The fraction of sp³-hybridized carbons (Fsp3) is 0.647. The Morgan fingerprint density at radius 3 is 2.82 bits per heavy atom. The maximum atomic E-state index is 11.2. The van der Waals surface area contributed by atoms with Crippen molar-refractivity contribution in [2.75, 3.05) is 0 Å². The molecule has 2 aliphatic rings. The summed E-state index contributed by atoms with van der Waals surface area (Å²) in [6.07, 6.45) is 15.0. The topological polar surface area (TPSA) is 61.8 Å². The minimum Gasteiger partial charge on any atom is -0.382 e. The fourth-order valence-corrected chi connectivity index (χ4v) is 3.53. The number of nitrogens with zero attached hydrogens (tertiary/aromatic N) is 3. The molecule has 0 spiro atoms. The van der Waals surface area contributed by atoms with E-state index < -0.39 is 10.5 Å². The van der Waals surface area contributed by atoms with Gasteiger partial charge in [-0.2, -0.15) is 5.26 Å². The molecule has 2 saturated carbocycles. The van der Waals surface area contributed by atoms with Crippen LogP contribution in [-0.2, 0) is 6.54 Å². The first-order valence-corrected chi connectivity index (χ1v) is 8.45. The Balaban J connectivity index is 1.79. The van der Waals surface area contributed by atoms with Crippen LogP contribution in [0.3, 0.4) is 0 Å². The van der Waals surface area contributed by atoms with E-state index in [-0.39, 0.29) is 6.54 Å². The summed E-state index contributed by atoms with van der Waals surface area (Å²) in [6, 6.07) is 2.10. The zero-order valence-corrected chi connectivity index (χ0v) is 13.5. The number of nitriles is 1. The number of rotatable bonds is 5. The average Bonchev–Trinajstić information content (AvgIpc) is 3.14. The lowest BCUT2D eigenvalue weighted by Crippen LogP contribution is -2.43. The van der Waals surface area contributed by atoms with Crippen LogP contribution in [0.2, 0.25) is 0 Å². The first-order chi connectivity index (χ1) is 10.6. The van der Waals surface area contributed by atoms with E-state index in [0.717, 1.165) is 12.8 Å². The Kier molecular flexibility index (Phi) is 4.29. The molecule has 3 rings (SSSR count). The average molecular weight is 320 g/mol. The quantitative estimate of drug-likeness (QED) is 0.668. The Labute approximate surface area is 136 Å². The molecule has 0 aromatic carbocycles. The highest BCUT2D eigenvalue weighted by atomic mass is 35.5. The largest absolute Gasteiger partial charge is 0.382 e. The van der Waals surface area contributed by atoms with Crippen molar-refractivity contribution in [1.82, 2.24) is 9.55 Å². The molecule has 22 heavy (non-hydrogen) atoms. The van der Waals surface area contributed by atoms with Crippen LogP contribution in [0.5, 0.6) is 0 Å². The Hall–Kier alpha value is -1.31. The third kappa shape index (κ3) is 3.06. The molecular weight excluding hydrogens is 298 g/mol. The van der Waals surface area contributed by atoms with Gasteiger partial charge >= 0.3 is 0 Å². The zero-order chi connectivity index (χ0) is 15.6. The van der Waals surface area contributed by atoms with Gasteiger partial charge in [-0.05, 0) is 31.6 Å². The van der Waals surface area contributed by atoms with Crippen molar-refractivity contribution in [3.05, 3.63) is 30.4 Å². The molecule has 5 heteroatoms. The van der Waals surface area contributed by atoms with E-state index in [0.29, 0.717) is 11.6 Å².